The fourth-order valence-electron chi connectivity index (χ4n) is 4.52. The van der Waals surface area contributed by atoms with Gasteiger partial charge in [0.2, 0.25) is 0 Å². The summed E-state index contributed by atoms with van der Waals surface area (Å²) in [5, 5.41) is 11.2. The first-order valence-electron chi connectivity index (χ1n) is 11.2. The Hall–Kier alpha value is -3.61. The summed E-state index contributed by atoms with van der Waals surface area (Å²) in [6.07, 6.45) is 4.42. The Morgan fingerprint density at radius 1 is 1.15 bits per heavy atom. The van der Waals surface area contributed by atoms with Gasteiger partial charge in [0, 0.05) is 48.3 Å². The maximum absolute atomic E-state index is 13.2. The van der Waals surface area contributed by atoms with Crippen LogP contribution >= 0.6 is 0 Å². The Bertz CT molecular complexity index is 1220. The lowest BCUT2D eigenvalue weighted by atomic mass is 9.90. The summed E-state index contributed by atoms with van der Waals surface area (Å²) >= 11 is 0. The van der Waals surface area contributed by atoms with Crippen LogP contribution in [0.15, 0.2) is 49.2 Å². The summed E-state index contributed by atoms with van der Waals surface area (Å²) in [5.74, 6) is 5.68. The van der Waals surface area contributed by atoms with E-state index in [2.05, 4.69) is 6.58 Å². The van der Waals surface area contributed by atoms with Crippen molar-refractivity contribution in [2.45, 2.75) is 32.6 Å². The number of phenolic OH excluding ortho intramolecular Hbond substituents is 1. The number of halogens is 1. The minimum absolute atomic E-state index is 0.105. The molecule has 33 heavy (non-hydrogen) atoms. The number of benzene rings is 2. The van der Waals surface area contributed by atoms with E-state index < -0.39 is 0 Å². The highest BCUT2D eigenvalue weighted by atomic mass is 19.1. The lowest BCUT2D eigenvalue weighted by molar-refractivity contribution is -0.113. The first-order valence-corrected chi connectivity index (χ1v) is 11.2. The van der Waals surface area contributed by atoms with Gasteiger partial charge in [0.1, 0.15) is 11.6 Å². The van der Waals surface area contributed by atoms with Crippen LogP contribution in [0.2, 0.25) is 0 Å². The molecule has 0 spiro atoms. The van der Waals surface area contributed by atoms with Crippen molar-refractivity contribution in [1.29, 1.82) is 0 Å². The number of ketones is 1. The van der Waals surface area contributed by atoms with Gasteiger partial charge in [0.05, 0.1) is 11.1 Å². The van der Waals surface area contributed by atoms with E-state index in [4.69, 9.17) is 5.84 Å². The zero-order chi connectivity index (χ0) is 23.7. The van der Waals surface area contributed by atoms with Crippen molar-refractivity contribution >= 4 is 28.2 Å². The van der Waals surface area contributed by atoms with Crippen molar-refractivity contribution in [3.05, 3.63) is 71.7 Å². The molecule has 172 valence electrons. The smallest absolute Gasteiger partial charge is 0.257 e. The number of rotatable bonds is 6. The predicted octanol–water partition coefficient (Wildman–Crippen LogP) is 4.29. The number of fused-ring (bicyclic) bond motifs is 1. The molecule has 0 radical (unpaired) electrons. The highest BCUT2D eigenvalue weighted by Crippen LogP contribution is 2.33. The zero-order valence-electron chi connectivity index (χ0n) is 18.7. The molecule has 2 heterocycles. The maximum atomic E-state index is 13.2. The summed E-state index contributed by atoms with van der Waals surface area (Å²) in [6.45, 7) is 6.81. The van der Waals surface area contributed by atoms with Crippen LogP contribution in [0, 0.1) is 11.7 Å². The Kier molecular flexibility index (Phi) is 6.22. The van der Waals surface area contributed by atoms with E-state index >= 15 is 0 Å². The van der Waals surface area contributed by atoms with Crippen LogP contribution in [0.4, 0.5) is 4.39 Å². The topological polar surface area (TPSA) is 88.6 Å². The molecule has 1 aromatic heterocycles. The first-order chi connectivity index (χ1) is 15.8. The molecule has 0 unspecified atom stereocenters. The van der Waals surface area contributed by atoms with E-state index in [1.807, 2.05) is 0 Å². The van der Waals surface area contributed by atoms with Crippen molar-refractivity contribution < 1.29 is 19.1 Å². The molecule has 3 N–H and O–H groups in total. The number of likely N-dealkylation sites (tertiary alicyclic amines) is 1. The number of aromatic hydroxyl groups is 1. The molecule has 4 rings (SSSR count). The van der Waals surface area contributed by atoms with Crippen molar-refractivity contribution in [3.8, 4) is 5.75 Å². The van der Waals surface area contributed by atoms with Crippen LogP contribution in [0.1, 0.15) is 47.7 Å². The molecule has 6 nitrogen and oxygen atoms in total. The fourth-order valence-corrected chi connectivity index (χ4v) is 4.52. The lowest BCUT2D eigenvalue weighted by Gasteiger charge is -2.32. The maximum Gasteiger partial charge on any atom is 0.257 e. The van der Waals surface area contributed by atoms with Gasteiger partial charge < -0.3 is 15.8 Å². The van der Waals surface area contributed by atoms with Gasteiger partial charge in [-0.25, -0.2) is 4.39 Å². The molecule has 1 fully saturated rings. The molecule has 7 heteroatoms. The average Bonchev–Trinajstić information content (AvgIpc) is 3.14. The minimum atomic E-state index is -0.252. The van der Waals surface area contributed by atoms with Gasteiger partial charge in [0.25, 0.3) is 5.91 Å². The molecule has 0 aliphatic carbocycles. The number of aromatic nitrogens is 1. The van der Waals surface area contributed by atoms with Crippen LogP contribution in [-0.4, -0.2) is 39.5 Å². The molecule has 0 bridgehead atoms. The molecular weight excluding hydrogens is 421 g/mol. The number of phenols is 1. The summed E-state index contributed by atoms with van der Waals surface area (Å²) in [5.41, 5.74) is 2.68. The standard InChI is InChI=1S/C26H28FN3O3/c1-3-24(31)16(2)22-15-30(28)23-14-25(32)21(13-20(22)23)26(33)29-10-8-18(9-11-29)12-17-4-6-19(27)7-5-17/h4-7,13-15,18,32H,2-3,8-12,28H2,1H3. The third kappa shape index (κ3) is 4.49. The molecule has 1 saturated heterocycles. The second kappa shape index (κ2) is 9.10. The summed E-state index contributed by atoms with van der Waals surface area (Å²) in [4.78, 5) is 27.2. The second-order valence-electron chi connectivity index (χ2n) is 8.66. The van der Waals surface area contributed by atoms with Crippen molar-refractivity contribution in [2.24, 2.45) is 5.92 Å². The van der Waals surface area contributed by atoms with E-state index in [9.17, 15) is 19.1 Å². The third-order valence-electron chi connectivity index (χ3n) is 6.50. The fraction of sp³-hybridized carbons (Fsp3) is 0.308. The quantitative estimate of drug-likeness (QED) is 0.434. The molecule has 1 amide bonds. The van der Waals surface area contributed by atoms with Crippen molar-refractivity contribution in [1.82, 2.24) is 9.58 Å². The Morgan fingerprint density at radius 2 is 1.82 bits per heavy atom. The van der Waals surface area contributed by atoms with Gasteiger partial charge in [0.15, 0.2) is 5.78 Å². The molecule has 3 aromatic rings. The van der Waals surface area contributed by atoms with Crippen LogP contribution < -0.4 is 5.84 Å². The van der Waals surface area contributed by atoms with Gasteiger partial charge in [-0.3, -0.25) is 14.3 Å². The van der Waals surface area contributed by atoms with E-state index in [1.54, 1.807) is 36.2 Å². The number of amides is 1. The largest absolute Gasteiger partial charge is 0.507 e. The van der Waals surface area contributed by atoms with Gasteiger partial charge in [-0.1, -0.05) is 25.6 Å². The second-order valence-corrected chi connectivity index (χ2v) is 8.66. The summed E-state index contributed by atoms with van der Waals surface area (Å²) in [7, 11) is 0. The van der Waals surface area contributed by atoms with E-state index in [0.717, 1.165) is 24.8 Å². The predicted molar refractivity (Wildman–Crippen MR) is 127 cm³/mol. The number of nitrogen functional groups attached to an aromatic ring is 1. The molecule has 0 atom stereocenters. The molecular formula is C26H28FN3O3. The Labute approximate surface area is 192 Å². The first kappa shape index (κ1) is 22.6. The lowest BCUT2D eigenvalue weighted by Crippen LogP contribution is -2.39. The van der Waals surface area contributed by atoms with E-state index in [0.29, 0.717) is 47.5 Å². The number of carbonyl (C=O) groups excluding carboxylic acids is 2. The van der Waals surface area contributed by atoms with Crippen molar-refractivity contribution in [3.63, 3.8) is 0 Å². The van der Waals surface area contributed by atoms with Gasteiger partial charge >= 0.3 is 0 Å². The molecule has 1 aliphatic heterocycles. The Balaban J connectivity index is 1.52. The number of hydrogen-bond acceptors (Lipinski definition) is 4. The van der Waals surface area contributed by atoms with Gasteiger partial charge in [-0.2, -0.15) is 0 Å². The molecule has 0 saturated carbocycles. The minimum Gasteiger partial charge on any atom is -0.507 e. The highest BCUT2D eigenvalue weighted by molar-refractivity contribution is 6.23. The monoisotopic (exact) mass is 449 g/mol. The highest BCUT2D eigenvalue weighted by Gasteiger charge is 2.27. The number of nitrogens with zero attached hydrogens (tertiary/aromatic N) is 2. The number of hydrogen-bond donors (Lipinski definition) is 2. The summed E-state index contributed by atoms with van der Waals surface area (Å²) < 4.78 is 14.5. The zero-order valence-corrected chi connectivity index (χ0v) is 18.7. The number of Topliss-reactive ketones (excluding diaryl/α,β-unsaturated/α-hetero) is 1. The SMILES string of the molecule is C=C(C(=O)CC)c1cn(N)c2cc(O)c(C(=O)N3CCC(Cc4ccc(F)cc4)CC3)cc12. The number of allylic oxidation sites excluding steroid dienone is 1. The van der Waals surface area contributed by atoms with Crippen LogP contribution in [0.25, 0.3) is 16.5 Å². The van der Waals surface area contributed by atoms with E-state index in [-0.39, 0.29) is 28.8 Å². The van der Waals surface area contributed by atoms with Gasteiger partial charge in [-0.15, -0.1) is 0 Å². The van der Waals surface area contributed by atoms with Gasteiger partial charge in [-0.05, 0) is 48.9 Å². The number of carbonyl (C=O) groups is 2. The average molecular weight is 450 g/mol. The normalized spacial score (nSPS) is 14.5. The van der Waals surface area contributed by atoms with Crippen LogP contribution in [0.5, 0.6) is 5.75 Å². The van der Waals surface area contributed by atoms with E-state index in [1.165, 1.54) is 22.9 Å². The van der Waals surface area contributed by atoms with Crippen molar-refractivity contribution in [2.75, 3.05) is 18.9 Å². The molecule has 2 aromatic carbocycles. The number of nitrogens with two attached hydrogens (primary N) is 1. The number of piperidine rings is 1. The third-order valence-corrected chi connectivity index (χ3v) is 6.50. The van der Waals surface area contributed by atoms with Crippen LogP contribution in [0.3, 0.4) is 0 Å². The molecule has 1 aliphatic rings. The van der Waals surface area contributed by atoms with Crippen LogP contribution in [-0.2, 0) is 11.2 Å². The summed E-state index contributed by atoms with van der Waals surface area (Å²) in [6, 6.07) is 9.61. The Morgan fingerprint density at radius 3 is 2.45 bits per heavy atom.